The summed E-state index contributed by atoms with van der Waals surface area (Å²) in [4.78, 5) is 16.1. The van der Waals surface area contributed by atoms with Crippen molar-refractivity contribution in [1.82, 2.24) is 0 Å². The number of carbonyl (C=O) groups is 1. The monoisotopic (exact) mass is 435 g/mol. The molecule has 0 aromatic heterocycles. The van der Waals surface area contributed by atoms with Crippen LogP contribution in [0.15, 0.2) is 53.7 Å². The minimum absolute atomic E-state index is 0.267. The van der Waals surface area contributed by atoms with Crippen molar-refractivity contribution < 1.29 is 32.1 Å². The molecule has 162 valence electrons. The highest BCUT2D eigenvalue weighted by Crippen LogP contribution is 2.18. The van der Waals surface area contributed by atoms with Gasteiger partial charge in [-0.05, 0) is 48.7 Å². The van der Waals surface area contributed by atoms with E-state index < -0.39 is 22.0 Å². The van der Waals surface area contributed by atoms with E-state index in [-0.39, 0.29) is 5.75 Å². The van der Waals surface area contributed by atoms with Gasteiger partial charge in [-0.15, -0.1) is 0 Å². The van der Waals surface area contributed by atoms with Gasteiger partial charge in [0.05, 0.1) is 18.6 Å². The van der Waals surface area contributed by atoms with Crippen molar-refractivity contribution in [2.75, 3.05) is 20.0 Å². The lowest BCUT2D eigenvalue weighted by Gasteiger charge is -2.12. The molecule has 0 aliphatic carbocycles. The molecule has 30 heavy (non-hydrogen) atoms. The normalized spacial score (nSPS) is 12.8. The van der Waals surface area contributed by atoms with Crippen LogP contribution in [0.2, 0.25) is 0 Å². The molecule has 0 saturated heterocycles. The maximum atomic E-state index is 11.5. The molecule has 0 spiro atoms. The van der Waals surface area contributed by atoms with E-state index in [0.717, 1.165) is 17.4 Å². The van der Waals surface area contributed by atoms with Crippen LogP contribution in [0.5, 0.6) is 11.5 Å². The van der Waals surface area contributed by atoms with E-state index >= 15 is 0 Å². The summed E-state index contributed by atoms with van der Waals surface area (Å²) in [5, 5.41) is 13.1. The second-order valence-corrected chi connectivity index (χ2v) is 8.26. The first-order valence-electron chi connectivity index (χ1n) is 9.18. The molecule has 9 heteroatoms. The fourth-order valence-corrected chi connectivity index (χ4v) is 3.21. The summed E-state index contributed by atoms with van der Waals surface area (Å²) in [5.74, 6) is -0.777. The summed E-state index contributed by atoms with van der Waals surface area (Å²) < 4.78 is 32.8. The van der Waals surface area contributed by atoms with Crippen LogP contribution in [-0.2, 0) is 32.6 Å². The van der Waals surface area contributed by atoms with Crippen molar-refractivity contribution in [2.24, 2.45) is 11.1 Å². The Morgan fingerprint density at radius 1 is 1.03 bits per heavy atom. The fourth-order valence-electron chi connectivity index (χ4n) is 2.75. The van der Waals surface area contributed by atoms with Crippen molar-refractivity contribution >= 4 is 21.8 Å². The van der Waals surface area contributed by atoms with Crippen LogP contribution in [-0.4, -0.2) is 45.2 Å². The quantitative estimate of drug-likeness (QED) is 0.328. The van der Waals surface area contributed by atoms with E-state index in [1.165, 1.54) is 7.11 Å². The number of carboxylic acids is 1. The third-order valence-corrected chi connectivity index (χ3v) is 4.73. The van der Waals surface area contributed by atoms with Crippen LogP contribution >= 0.6 is 0 Å². The second-order valence-electron chi connectivity index (χ2n) is 6.68. The van der Waals surface area contributed by atoms with E-state index in [1.54, 1.807) is 43.3 Å². The molecular formula is C21H25NO7S. The predicted molar refractivity (Wildman–Crippen MR) is 113 cm³/mol. The fraction of sp³-hybridized carbons (Fsp3) is 0.333. The zero-order valence-electron chi connectivity index (χ0n) is 17.1. The summed E-state index contributed by atoms with van der Waals surface area (Å²) in [6.07, 6.45) is 1.93. The van der Waals surface area contributed by atoms with E-state index in [1.807, 2.05) is 12.1 Å². The Morgan fingerprint density at radius 2 is 1.60 bits per heavy atom. The van der Waals surface area contributed by atoms with Gasteiger partial charge in [-0.1, -0.05) is 29.4 Å². The number of ether oxygens (including phenoxy) is 1. The maximum Gasteiger partial charge on any atom is 0.312 e. The average Bonchev–Trinajstić information content (AvgIpc) is 2.67. The van der Waals surface area contributed by atoms with Gasteiger partial charge in [0.2, 0.25) is 0 Å². The smallest absolute Gasteiger partial charge is 0.312 e. The summed E-state index contributed by atoms with van der Waals surface area (Å²) >= 11 is 0. The van der Waals surface area contributed by atoms with E-state index in [4.69, 9.17) is 8.92 Å². The van der Waals surface area contributed by atoms with Gasteiger partial charge >= 0.3 is 16.1 Å². The van der Waals surface area contributed by atoms with Gasteiger partial charge < -0.3 is 18.9 Å². The van der Waals surface area contributed by atoms with Crippen LogP contribution in [0.25, 0.3) is 0 Å². The molecule has 0 bridgehead atoms. The second kappa shape index (κ2) is 10.6. The molecule has 0 saturated carbocycles. The minimum atomic E-state index is -3.54. The van der Waals surface area contributed by atoms with Gasteiger partial charge in [0.15, 0.2) is 0 Å². The Labute approximate surface area is 176 Å². The number of rotatable bonds is 11. The SMILES string of the molecule is CO/N=C(\C)C(Cc1ccc(OCCc2ccc(OS(C)(=O)=O)cc2)cc1)C(=O)O. The van der Waals surface area contributed by atoms with E-state index in [9.17, 15) is 18.3 Å². The number of carboxylic acid groups (broad SMARTS) is 1. The Balaban J connectivity index is 1.87. The Hall–Kier alpha value is -3.07. The maximum absolute atomic E-state index is 11.5. The molecule has 0 aliphatic heterocycles. The molecule has 2 rings (SSSR count). The molecule has 2 aromatic carbocycles. The largest absolute Gasteiger partial charge is 0.493 e. The van der Waals surface area contributed by atoms with E-state index in [0.29, 0.717) is 30.9 Å². The van der Waals surface area contributed by atoms with Gasteiger partial charge in [-0.25, -0.2) is 0 Å². The van der Waals surface area contributed by atoms with E-state index in [2.05, 4.69) is 9.99 Å². The van der Waals surface area contributed by atoms with Crippen molar-refractivity contribution in [3.63, 3.8) is 0 Å². The zero-order valence-corrected chi connectivity index (χ0v) is 17.9. The molecule has 0 radical (unpaired) electrons. The Kier molecular flexibility index (Phi) is 8.23. The van der Waals surface area contributed by atoms with Crippen LogP contribution in [0.4, 0.5) is 0 Å². The first kappa shape index (κ1) is 23.2. The minimum Gasteiger partial charge on any atom is -0.493 e. The van der Waals surface area contributed by atoms with Crippen molar-refractivity contribution in [2.45, 2.75) is 19.8 Å². The highest BCUT2D eigenvalue weighted by atomic mass is 32.2. The summed E-state index contributed by atoms with van der Waals surface area (Å²) in [6.45, 7) is 2.06. The number of oxime groups is 1. The molecule has 1 unspecified atom stereocenters. The van der Waals surface area contributed by atoms with Crippen LogP contribution < -0.4 is 8.92 Å². The summed E-state index contributed by atoms with van der Waals surface area (Å²) in [6, 6.07) is 14.0. The Morgan fingerprint density at radius 3 is 2.13 bits per heavy atom. The third kappa shape index (κ3) is 7.75. The van der Waals surface area contributed by atoms with Gasteiger partial charge in [0.1, 0.15) is 24.5 Å². The first-order chi connectivity index (χ1) is 14.2. The number of aliphatic carboxylic acids is 1. The lowest BCUT2D eigenvalue weighted by atomic mass is 9.95. The molecule has 0 amide bonds. The molecule has 2 aromatic rings. The molecular weight excluding hydrogens is 410 g/mol. The lowest BCUT2D eigenvalue weighted by Crippen LogP contribution is -2.24. The molecule has 0 fully saturated rings. The highest BCUT2D eigenvalue weighted by Gasteiger charge is 2.22. The number of nitrogens with zero attached hydrogens (tertiary/aromatic N) is 1. The number of hydrogen-bond acceptors (Lipinski definition) is 7. The highest BCUT2D eigenvalue weighted by molar-refractivity contribution is 7.86. The van der Waals surface area contributed by atoms with Crippen molar-refractivity contribution in [1.29, 1.82) is 0 Å². The number of benzene rings is 2. The molecule has 0 heterocycles. The average molecular weight is 435 g/mol. The summed E-state index contributed by atoms with van der Waals surface area (Å²) in [7, 11) is -2.16. The zero-order chi connectivity index (χ0) is 22.1. The van der Waals surface area contributed by atoms with Crippen molar-refractivity contribution in [3.05, 3.63) is 59.7 Å². The van der Waals surface area contributed by atoms with Crippen LogP contribution in [0.3, 0.4) is 0 Å². The van der Waals surface area contributed by atoms with Gasteiger partial charge in [0, 0.05) is 6.42 Å². The number of hydrogen-bond donors (Lipinski definition) is 1. The van der Waals surface area contributed by atoms with Gasteiger partial charge in [0.25, 0.3) is 0 Å². The van der Waals surface area contributed by atoms with Crippen LogP contribution in [0, 0.1) is 5.92 Å². The van der Waals surface area contributed by atoms with Crippen molar-refractivity contribution in [3.8, 4) is 11.5 Å². The third-order valence-electron chi connectivity index (χ3n) is 4.23. The molecule has 8 nitrogen and oxygen atoms in total. The van der Waals surface area contributed by atoms with Crippen LogP contribution in [0.1, 0.15) is 18.1 Å². The van der Waals surface area contributed by atoms with Gasteiger partial charge in [-0.2, -0.15) is 8.42 Å². The first-order valence-corrected chi connectivity index (χ1v) is 11.0. The Bertz CT molecular complexity index is 967. The summed E-state index contributed by atoms with van der Waals surface area (Å²) in [5.41, 5.74) is 2.23. The molecule has 1 N–H and O–H groups in total. The predicted octanol–water partition coefficient (Wildman–Crippen LogP) is 2.91. The topological polar surface area (TPSA) is 111 Å². The standard InChI is InChI=1S/C21H25NO7S/c1-15(22-27-2)20(21(23)24)14-17-6-8-18(9-7-17)28-13-12-16-4-10-19(11-5-16)29-30(3,25)26/h4-11,20H,12-14H2,1-3H3,(H,23,24)/b22-15+. The lowest BCUT2D eigenvalue weighted by molar-refractivity contribution is -0.139. The van der Waals surface area contributed by atoms with Gasteiger partial charge in [-0.3, -0.25) is 4.79 Å². The molecule has 1 atom stereocenters. The molecule has 0 aliphatic rings.